The third kappa shape index (κ3) is 9.33. The minimum absolute atomic E-state index is 0.307. The van der Waals surface area contributed by atoms with Crippen LogP contribution in [-0.4, -0.2) is 35.6 Å². The number of hydrogen-bond acceptors (Lipinski definition) is 6. The zero-order valence-electron chi connectivity index (χ0n) is 22.2. The van der Waals surface area contributed by atoms with E-state index in [1.54, 1.807) is 0 Å². The Morgan fingerprint density at radius 2 is 1.41 bits per heavy atom. The van der Waals surface area contributed by atoms with Crippen molar-refractivity contribution in [1.29, 1.82) is 0 Å². The highest BCUT2D eigenvalue weighted by Gasteiger charge is 2.38. The van der Waals surface area contributed by atoms with Crippen LogP contribution in [0.3, 0.4) is 0 Å². The lowest BCUT2D eigenvalue weighted by Gasteiger charge is -2.08. The molecular formula is C31H30F3N3O4. The number of hydrogen-bond donors (Lipinski definition) is 3. The van der Waals surface area contributed by atoms with Gasteiger partial charge in [0.1, 0.15) is 0 Å². The molecule has 0 unspecified atom stereocenters. The quantitative estimate of drug-likeness (QED) is 0.212. The predicted molar refractivity (Wildman–Crippen MR) is 148 cm³/mol. The number of nitrogens with zero attached hydrogens (tertiary/aromatic N) is 1. The monoisotopic (exact) mass is 565 g/mol. The van der Waals surface area contributed by atoms with E-state index < -0.39 is 12.1 Å². The molecule has 2 heterocycles. The van der Waals surface area contributed by atoms with Crippen molar-refractivity contribution >= 4 is 5.97 Å². The molecule has 1 aliphatic heterocycles. The van der Waals surface area contributed by atoms with Crippen molar-refractivity contribution in [2.24, 2.45) is 0 Å². The maximum atomic E-state index is 10.6. The molecule has 1 aromatic heterocycles. The number of benzene rings is 3. The number of rotatable bonds is 10. The van der Waals surface area contributed by atoms with E-state index in [-0.39, 0.29) is 0 Å². The lowest BCUT2D eigenvalue weighted by molar-refractivity contribution is -0.192. The molecule has 0 saturated carbocycles. The molecule has 1 aliphatic rings. The van der Waals surface area contributed by atoms with Gasteiger partial charge in [-0.2, -0.15) is 13.2 Å². The normalized spacial score (nSPS) is 12.0. The van der Waals surface area contributed by atoms with Crippen LogP contribution in [0.25, 0.3) is 11.3 Å². The zero-order chi connectivity index (χ0) is 29.1. The average Bonchev–Trinajstić information content (AvgIpc) is 3.45. The molecule has 0 bridgehead atoms. The van der Waals surface area contributed by atoms with Gasteiger partial charge < -0.3 is 25.2 Å². The number of carboxylic acid groups (broad SMARTS) is 1. The summed E-state index contributed by atoms with van der Waals surface area (Å²) in [6, 6.07) is 29.5. The van der Waals surface area contributed by atoms with Crippen LogP contribution in [-0.2, 0) is 30.8 Å². The van der Waals surface area contributed by atoms with E-state index >= 15 is 0 Å². The van der Waals surface area contributed by atoms with E-state index in [4.69, 9.17) is 19.4 Å². The molecule has 41 heavy (non-hydrogen) atoms. The molecule has 0 saturated heterocycles. The van der Waals surface area contributed by atoms with Gasteiger partial charge in [0.2, 0.25) is 6.79 Å². The summed E-state index contributed by atoms with van der Waals surface area (Å²) in [5.41, 5.74) is 7.09. The minimum atomic E-state index is -5.08. The van der Waals surface area contributed by atoms with Gasteiger partial charge in [-0.3, -0.25) is 4.98 Å². The van der Waals surface area contributed by atoms with Crippen LogP contribution < -0.4 is 20.1 Å². The van der Waals surface area contributed by atoms with Crippen molar-refractivity contribution in [3.63, 3.8) is 0 Å². The van der Waals surface area contributed by atoms with Crippen molar-refractivity contribution < 1.29 is 32.5 Å². The molecular weight excluding hydrogens is 535 g/mol. The Balaban J connectivity index is 0.000000493. The molecule has 10 heteroatoms. The number of halogens is 3. The maximum Gasteiger partial charge on any atom is 0.490 e. The molecule has 0 amide bonds. The highest BCUT2D eigenvalue weighted by molar-refractivity contribution is 5.73. The van der Waals surface area contributed by atoms with E-state index in [1.165, 1.54) is 22.3 Å². The highest BCUT2D eigenvalue weighted by atomic mass is 19.4. The predicted octanol–water partition coefficient (Wildman–Crippen LogP) is 5.73. The number of fused-ring (bicyclic) bond motifs is 1. The molecule has 0 spiro atoms. The van der Waals surface area contributed by atoms with Crippen LogP contribution in [0.5, 0.6) is 11.5 Å². The molecule has 0 aliphatic carbocycles. The fourth-order valence-corrected chi connectivity index (χ4v) is 4.01. The molecule has 0 atom stereocenters. The van der Waals surface area contributed by atoms with Crippen molar-refractivity contribution in [2.45, 2.75) is 32.2 Å². The number of ether oxygens (including phenoxy) is 2. The molecule has 214 valence electrons. The Morgan fingerprint density at radius 3 is 2.10 bits per heavy atom. The van der Waals surface area contributed by atoms with Gasteiger partial charge in [0.15, 0.2) is 11.5 Å². The van der Waals surface area contributed by atoms with Crippen LogP contribution in [0.2, 0.25) is 0 Å². The number of carboxylic acids is 1. The Kier molecular flexibility index (Phi) is 10.3. The van der Waals surface area contributed by atoms with Gasteiger partial charge in [-0.1, -0.05) is 66.7 Å². The Morgan fingerprint density at radius 1 is 0.780 bits per heavy atom. The first-order valence-corrected chi connectivity index (χ1v) is 13.0. The van der Waals surface area contributed by atoms with E-state index in [0.717, 1.165) is 55.4 Å². The van der Waals surface area contributed by atoms with Crippen molar-refractivity contribution in [1.82, 2.24) is 15.6 Å². The number of aromatic nitrogens is 1. The Hall–Kier alpha value is -4.41. The van der Waals surface area contributed by atoms with E-state index in [1.807, 2.05) is 18.3 Å². The molecule has 4 aromatic rings. The summed E-state index contributed by atoms with van der Waals surface area (Å²) in [7, 11) is 0. The third-order valence-electron chi connectivity index (χ3n) is 6.17. The smallest absolute Gasteiger partial charge is 0.475 e. The van der Waals surface area contributed by atoms with Gasteiger partial charge in [0, 0.05) is 31.4 Å². The van der Waals surface area contributed by atoms with Crippen LogP contribution >= 0.6 is 0 Å². The molecule has 0 fully saturated rings. The average molecular weight is 566 g/mol. The zero-order valence-corrected chi connectivity index (χ0v) is 22.2. The highest BCUT2D eigenvalue weighted by Crippen LogP contribution is 2.32. The van der Waals surface area contributed by atoms with Crippen molar-refractivity contribution in [3.05, 3.63) is 113 Å². The van der Waals surface area contributed by atoms with Crippen LogP contribution in [0, 0.1) is 0 Å². The second-order valence-corrected chi connectivity index (χ2v) is 9.26. The molecule has 5 rings (SSSR count). The summed E-state index contributed by atoms with van der Waals surface area (Å²) < 4.78 is 42.6. The largest absolute Gasteiger partial charge is 0.490 e. The SMILES string of the molecule is O=C(O)C(F)(F)F.c1ccc(CCNCc2ccc(-c3ccc(CNCc4ccc5c(c4)OCO5)cc3)nc2)cc1. The van der Waals surface area contributed by atoms with E-state index in [9.17, 15) is 13.2 Å². The van der Waals surface area contributed by atoms with Crippen LogP contribution in [0.1, 0.15) is 22.3 Å². The van der Waals surface area contributed by atoms with E-state index in [2.05, 4.69) is 88.4 Å². The molecule has 0 radical (unpaired) electrons. The number of carbonyl (C=O) groups is 1. The second-order valence-electron chi connectivity index (χ2n) is 9.26. The summed E-state index contributed by atoms with van der Waals surface area (Å²) in [6.07, 6.45) is -2.09. The summed E-state index contributed by atoms with van der Waals surface area (Å²) in [5, 5.41) is 14.1. The van der Waals surface area contributed by atoms with Crippen LogP contribution in [0.4, 0.5) is 13.2 Å². The number of alkyl halides is 3. The topological polar surface area (TPSA) is 92.7 Å². The molecule has 3 N–H and O–H groups in total. The first kappa shape index (κ1) is 29.6. The third-order valence-corrected chi connectivity index (χ3v) is 6.17. The summed E-state index contributed by atoms with van der Waals surface area (Å²) in [4.78, 5) is 13.6. The summed E-state index contributed by atoms with van der Waals surface area (Å²) in [6.45, 7) is 3.67. The van der Waals surface area contributed by atoms with Gasteiger partial charge in [-0.25, -0.2) is 4.79 Å². The Bertz CT molecular complexity index is 1400. The lowest BCUT2D eigenvalue weighted by Crippen LogP contribution is -2.21. The number of pyridine rings is 1. The van der Waals surface area contributed by atoms with Crippen molar-refractivity contribution in [3.8, 4) is 22.8 Å². The van der Waals surface area contributed by atoms with Crippen LogP contribution in [0.15, 0.2) is 91.1 Å². The van der Waals surface area contributed by atoms with Gasteiger partial charge in [0.05, 0.1) is 5.69 Å². The number of aliphatic carboxylic acids is 1. The standard InChI is InChI=1S/C29H29N3O2.C2HF3O2/c1-2-4-22(5-3-1)14-15-30-19-25-8-12-27(32-20-25)26-10-6-23(7-11-26)17-31-18-24-9-13-28-29(16-24)34-21-33-28;3-2(4,5)1(6)7/h1-13,16,20,30-31H,14-15,17-19,21H2;(H,6,7). The van der Waals surface area contributed by atoms with E-state index in [0.29, 0.717) is 6.79 Å². The summed E-state index contributed by atoms with van der Waals surface area (Å²) in [5.74, 6) is -1.11. The second kappa shape index (κ2) is 14.3. The maximum absolute atomic E-state index is 10.6. The van der Waals surface area contributed by atoms with Gasteiger partial charge >= 0.3 is 12.1 Å². The molecule has 7 nitrogen and oxygen atoms in total. The van der Waals surface area contributed by atoms with Gasteiger partial charge in [-0.15, -0.1) is 0 Å². The Labute approximate surface area is 236 Å². The lowest BCUT2D eigenvalue weighted by atomic mass is 10.1. The van der Waals surface area contributed by atoms with Gasteiger partial charge in [0.25, 0.3) is 0 Å². The first-order valence-electron chi connectivity index (χ1n) is 13.0. The van der Waals surface area contributed by atoms with Gasteiger partial charge in [-0.05, 0) is 53.4 Å². The molecule has 3 aromatic carbocycles. The van der Waals surface area contributed by atoms with Crippen molar-refractivity contribution in [2.75, 3.05) is 13.3 Å². The minimum Gasteiger partial charge on any atom is -0.475 e. The fraction of sp³-hybridized carbons (Fsp3) is 0.226. The first-order chi connectivity index (χ1) is 19.8. The fourth-order valence-electron chi connectivity index (χ4n) is 4.01. The number of nitrogens with one attached hydrogen (secondary N) is 2. The summed E-state index contributed by atoms with van der Waals surface area (Å²) >= 11 is 0.